The molecule has 0 saturated heterocycles. The molecule has 0 aromatic carbocycles. The first kappa shape index (κ1) is 16.4. The molecule has 0 spiro atoms. The maximum Gasteiger partial charge on any atom is 0.325 e. The van der Waals surface area contributed by atoms with E-state index >= 15 is 0 Å². The fourth-order valence-corrected chi connectivity index (χ4v) is 1.28. The van der Waals surface area contributed by atoms with Gasteiger partial charge in [0.1, 0.15) is 12.6 Å². The lowest BCUT2D eigenvalue weighted by atomic mass is 9.98. The van der Waals surface area contributed by atoms with E-state index in [1.807, 2.05) is 13.8 Å². The summed E-state index contributed by atoms with van der Waals surface area (Å²) in [5.41, 5.74) is 5.19. The standard InChI is InChI=1S/C11H21N3O4/c1-4-7(2)10(14-8(15)5-12)11(17)13-6-9(16)18-3/h7,10H,4-6,12H2,1-3H3,(H,13,17)(H,14,15). The summed E-state index contributed by atoms with van der Waals surface area (Å²) in [6.07, 6.45) is 0.709. The molecule has 2 atom stereocenters. The molecule has 0 aliphatic carbocycles. The normalized spacial score (nSPS) is 13.3. The molecule has 2 amide bonds. The van der Waals surface area contributed by atoms with Gasteiger partial charge >= 0.3 is 5.97 Å². The monoisotopic (exact) mass is 259 g/mol. The summed E-state index contributed by atoms with van der Waals surface area (Å²) in [6.45, 7) is 3.33. The van der Waals surface area contributed by atoms with E-state index in [4.69, 9.17) is 5.73 Å². The second-order valence-electron chi connectivity index (χ2n) is 3.93. The van der Waals surface area contributed by atoms with Gasteiger partial charge in [0.25, 0.3) is 0 Å². The highest BCUT2D eigenvalue weighted by Gasteiger charge is 2.25. The zero-order chi connectivity index (χ0) is 14.1. The highest BCUT2D eigenvalue weighted by molar-refractivity contribution is 5.90. The van der Waals surface area contributed by atoms with Crippen molar-refractivity contribution in [2.75, 3.05) is 20.2 Å². The Hall–Kier alpha value is -1.63. The molecule has 0 bridgehead atoms. The van der Waals surface area contributed by atoms with Crippen molar-refractivity contribution < 1.29 is 19.1 Å². The third-order valence-corrected chi connectivity index (χ3v) is 2.63. The molecule has 18 heavy (non-hydrogen) atoms. The van der Waals surface area contributed by atoms with Crippen LogP contribution < -0.4 is 16.4 Å². The van der Waals surface area contributed by atoms with Crippen LogP contribution in [0.15, 0.2) is 0 Å². The van der Waals surface area contributed by atoms with Crippen LogP contribution in [-0.2, 0) is 19.1 Å². The van der Waals surface area contributed by atoms with Crippen LogP contribution in [0.2, 0.25) is 0 Å². The molecular formula is C11H21N3O4. The number of carbonyl (C=O) groups is 3. The van der Waals surface area contributed by atoms with E-state index in [9.17, 15) is 14.4 Å². The Morgan fingerprint density at radius 3 is 2.39 bits per heavy atom. The molecule has 7 nitrogen and oxygen atoms in total. The Bertz CT molecular complexity index is 307. The maximum atomic E-state index is 11.8. The number of carbonyl (C=O) groups excluding carboxylic acids is 3. The Morgan fingerprint density at radius 2 is 1.94 bits per heavy atom. The molecule has 0 fully saturated rings. The Balaban J connectivity index is 4.49. The third-order valence-electron chi connectivity index (χ3n) is 2.63. The van der Waals surface area contributed by atoms with E-state index in [2.05, 4.69) is 15.4 Å². The number of nitrogens with one attached hydrogen (secondary N) is 2. The number of hydrogen-bond donors (Lipinski definition) is 3. The molecule has 0 saturated carbocycles. The molecular weight excluding hydrogens is 238 g/mol. The van der Waals surface area contributed by atoms with Gasteiger partial charge in [-0.1, -0.05) is 20.3 Å². The van der Waals surface area contributed by atoms with Crippen molar-refractivity contribution in [3.05, 3.63) is 0 Å². The topological polar surface area (TPSA) is 111 Å². The van der Waals surface area contributed by atoms with Crippen molar-refractivity contribution in [1.29, 1.82) is 0 Å². The number of amides is 2. The predicted molar refractivity (Wildman–Crippen MR) is 65.5 cm³/mol. The number of ether oxygens (including phenoxy) is 1. The van der Waals surface area contributed by atoms with Gasteiger partial charge in [0.2, 0.25) is 11.8 Å². The SMILES string of the molecule is CCC(C)C(NC(=O)CN)C(=O)NCC(=O)OC. The van der Waals surface area contributed by atoms with E-state index < -0.39 is 23.8 Å². The van der Waals surface area contributed by atoms with E-state index in [-0.39, 0.29) is 19.0 Å². The predicted octanol–water partition coefficient (Wildman–Crippen LogP) is -1.23. The van der Waals surface area contributed by atoms with Crippen LogP contribution in [0.5, 0.6) is 0 Å². The smallest absolute Gasteiger partial charge is 0.325 e. The zero-order valence-corrected chi connectivity index (χ0v) is 11.0. The second kappa shape index (κ2) is 8.46. The lowest BCUT2D eigenvalue weighted by molar-refractivity contribution is -0.141. The fraction of sp³-hybridized carbons (Fsp3) is 0.727. The molecule has 0 aromatic heterocycles. The van der Waals surface area contributed by atoms with Crippen molar-refractivity contribution in [2.45, 2.75) is 26.3 Å². The molecule has 0 aromatic rings. The summed E-state index contributed by atoms with van der Waals surface area (Å²) in [5, 5.41) is 4.94. The van der Waals surface area contributed by atoms with Gasteiger partial charge in [0.15, 0.2) is 0 Å². The molecule has 2 unspecified atom stereocenters. The molecule has 0 aliphatic rings. The minimum atomic E-state index is -0.698. The number of esters is 1. The molecule has 0 heterocycles. The summed E-state index contributed by atoms with van der Waals surface area (Å²) < 4.78 is 4.41. The Labute approximate surface area is 106 Å². The molecule has 104 valence electrons. The first-order valence-corrected chi connectivity index (χ1v) is 5.80. The van der Waals surface area contributed by atoms with Gasteiger partial charge < -0.3 is 21.1 Å². The molecule has 0 aliphatic heterocycles. The third kappa shape index (κ3) is 5.62. The average molecular weight is 259 g/mol. The van der Waals surface area contributed by atoms with Gasteiger partial charge in [-0.2, -0.15) is 0 Å². The number of rotatable bonds is 7. The minimum Gasteiger partial charge on any atom is -0.468 e. The molecule has 0 rings (SSSR count). The van der Waals surface area contributed by atoms with Crippen molar-refractivity contribution in [3.8, 4) is 0 Å². The van der Waals surface area contributed by atoms with E-state index in [0.29, 0.717) is 6.42 Å². The van der Waals surface area contributed by atoms with Crippen LogP contribution >= 0.6 is 0 Å². The van der Waals surface area contributed by atoms with Gasteiger partial charge in [-0.25, -0.2) is 0 Å². The highest BCUT2D eigenvalue weighted by Crippen LogP contribution is 2.07. The maximum absolute atomic E-state index is 11.8. The highest BCUT2D eigenvalue weighted by atomic mass is 16.5. The number of hydrogen-bond acceptors (Lipinski definition) is 5. The Morgan fingerprint density at radius 1 is 1.33 bits per heavy atom. The Kier molecular flexibility index (Phi) is 7.69. The summed E-state index contributed by atoms with van der Waals surface area (Å²) in [6, 6.07) is -0.698. The molecule has 4 N–H and O–H groups in total. The van der Waals surface area contributed by atoms with Crippen LogP contribution in [0.25, 0.3) is 0 Å². The first-order valence-electron chi connectivity index (χ1n) is 5.80. The van der Waals surface area contributed by atoms with Crippen LogP contribution in [-0.4, -0.2) is 44.0 Å². The second-order valence-corrected chi connectivity index (χ2v) is 3.93. The summed E-state index contributed by atoms with van der Waals surface area (Å²) in [7, 11) is 1.23. The van der Waals surface area contributed by atoms with Crippen molar-refractivity contribution in [2.24, 2.45) is 11.7 Å². The van der Waals surface area contributed by atoms with Crippen molar-refractivity contribution in [3.63, 3.8) is 0 Å². The summed E-state index contributed by atoms with van der Waals surface area (Å²) >= 11 is 0. The minimum absolute atomic E-state index is 0.0573. The van der Waals surface area contributed by atoms with Crippen molar-refractivity contribution >= 4 is 17.8 Å². The zero-order valence-electron chi connectivity index (χ0n) is 11.0. The van der Waals surface area contributed by atoms with Crippen LogP contribution in [0.1, 0.15) is 20.3 Å². The van der Waals surface area contributed by atoms with E-state index in [1.165, 1.54) is 7.11 Å². The van der Waals surface area contributed by atoms with Gasteiger partial charge in [-0.05, 0) is 5.92 Å². The van der Waals surface area contributed by atoms with Crippen LogP contribution in [0, 0.1) is 5.92 Å². The van der Waals surface area contributed by atoms with Crippen LogP contribution in [0.3, 0.4) is 0 Å². The first-order chi connectivity index (χ1) is 8.46. The van der Waals surface area contributed by atoms with Gasteiger partial charge in [-0.3, -0.25) is 14.4 Å². The number of nitrogens with two attached hydrogens (primary N) is 1. The van der Waals surface area contributed by atoms with E-state index in [1.54, 1.807) is 0 Å². The van der Waals surface area contributed by atoms with Gasteiger partial charge in [0.05, 0.1) is 13.7 Å². The fourth-order valence-electron chi connectivity index (χ4n) is 1.28. The van der Waals surface area contributed by atoms with Gasteiger partial charge in [-0.15, -0.1) is 0 Å². The quantitative estimate of drug-likeness (QED) is 0.496. The van der Waals surface area contributed by atoms with Crippen LogP contribution in [0.4, 0.5) is 0 Å². The van der Waals surface area contributed by atoms with Crippen molar-refractivity contribution in [1.82, 2.24) is 10.6 Å². The summed E-state index contributed by atoms with van der Waals surface area (Å²) in [5.74, 6) is -1.43. The number of methoxy groups -OCH3 is 1. The largest absolute Gasteiger partial charge is 0.468 e. The van der Waals surface area contributed by atoms with Gasteiger partial charge in [0, 0.05) is 0 Å². The summed E-state index contributed by atoms with van der Waals surface area (Å²) in [4.78, 5) is 34.0. The molecule has 0 radical (unpaired) electrons. The molecule has 7 heteroatoms. The lowest BCUT2D eigenvalue weighted by Gasteiger charge is -2.23. The average Bonchev–Trinajstić information content (AvgIpc) is 2.40. The lowest BCUT2D eigenvalue weighted by Crippen LogP contribution is -2.52. The van der Waals surface area contributed by atoms with E-state index in [0.717, 1.165) is 0 Å².